The average Bonchev–Trinajstić information content (AvgIpc) is 2.86. The molecule has 0 saturated carbocycles. The lowest BCUT2D eigenvalue weighted by Crippen LogP contribution is -2.52. The first kappa shape index (κ1) is 15.5. The lowest BCUT2D eigenvalue weighted by Gasteiger charge is -2.39. The van der Waals surface area contributed by atoms with Crippen molar-refractivity contribution in [2.45, 2.75) is 58.0 Å². The van der Waals surface area contributed by atoms with Crippen molar-refractivity contribution in [3.8, 4) is 0 Å². The molecule has 0 aliphatic carbocycles. The molecule has 2 fully saturated rings. The van der Waals surface area contributed by atoms with Gasteiger partial charge in [0.25, 0.3) is 0 Å². The third-order valence-corrected chi connectivity index (χ3v) is 5.02. The van der Waals surface area contributed by atoms with E-state index in [0.717, 1.165) is 50.5 Å². The van der Waals surface area contributed by atoms with Gasteiger partial charge in [0.2, 0.25) is 5.91 Å². The summed E-state index contributed by atoms with van der Waals surface area (Å²) in [7, 11) is 2.08. The minimum absolute atomic E-state index is 0.0751. The van der Waals surface area contributed by atoms with Crippen LogP contribution in [0.5, 0.6) is 0 Å². The van der Waals surface area contributed by atoms with Gasteiger partial charge in [-0.05, 0) is 53.1 Å². The monoisotopic (exact) mass is 305 g/mol. The van der Waals surface area contributed by atoms with Crippen LogP contribution in [0.2, 0.25) is 0 Å². The van der Waals surface area contributed by atoms with Gasteiger partial charge in [-0.3, -0.25) is 9.69 Å². The SMILES string of the molecule is Cc1nc(C)n(C2CCCN(C(=O)C3CCCCN3C)C2)n1. The number of hydrogen-bond acceptors (Lipinski definition) is 4. The zero-order chi connectivity index (χ0) is 15.7. The van der Waals surface area contributed by atoms with Crippen LogP contribution in [0.1, 0.15) is 49.8 Å². The Kier molecular flexibility index (Phi) is 4.47. The summed E-state index contributed by atoms with van der Waals surface area (Å²) in [5.74, 6) is 2.07. The molecular formula is C16H27N5O. The Morgan fingerprint density at radius 1 is 1.14 bits per heavy atom. The summed E-state index contributed by atoms with van der Waals surface area (Å²) in [6.45, 7) is 6.61. The van der Waals surface area contributed by atoms with E-state index < -0.39 is 0 Å². The summed E-state index contributed by atoms with van der Waals surface area (Å²) in [5.41, 5.74) is 0. The topological polar surface area (TPSA) is 54.3 Å². The molecule has 3 rings (SSSR count). The van der Waals surface area contributed by atoms with Gasteiger partial charge in [0.15, 0.2) is 0 Å². The molecule has 6 nitrogen and oxygen atoms in total. The number of aryl methyl sites for hydroxylation is 2. The van der Waals surface area contributed by atoms with Crippen molar-refractivity contribution < 1.29 is 4.79 Å². The lowest BCUT2D eigenvalue weighted by atomic mass is 9.99. The van der Waals surface area contributed by atoms with Crippen LogP contribution >= 0.6 is 0 Å². The highest BCUT2D eigenvalue weighted by atomic mass is 16.2. The molecule has 0 aromatic carbocycles. The molecule has 0 bridgehead atoms. The van der Waals surface area contributed by atoms with Crippen molar-refractivity contribution in [1.29, 1.82) is 0 Å². The van der Waals surface area contributed by atoms with E-state index >= 15 is 0 Å². The van der Waals surface area contributed by atoms with Crippen molar-refractivity contribution in [1.82, 2.24) is 24.6 Å². The Labute approximate surface area is 132 Å². The number of hydrogen-bond donors (Lipinski definition) is 0. The molecular weight excluding hydrogens is 278 g/mol. The van der Waals surface area contributed by atoms with Gasteiger partial charge in [0.05, 0.1) is 12.1 Å². The van der Waals surface area contributed by atoms with Crippen molar-refractivity contribution in [3.63, 3.8) is 0 Å². The number of likely N-dealkylation sites (tertiary alicyclic amines) is 2. The molecule has 2 atom stereocenters. The standard InChI is InChI=1S/C16H27N5O/c1-12-17-13(2)21(18-12)14-7-6-10-20(11-14)16(22)15-8-4-5-9-19(15)3/h14-15H,4-11H2,1-3H3. The first-order valence-electron chi connectivity index (χ1n) is 8.45. The van der Waals surface area contributed by atoms with E-state index in [1.54, 1.807) is 0 Å². The van der Waals surface area contributed by atoms with Crippen LogP contribution in [0.15, 0.2) is 0 Å². The molecule has 0 N–H and O–H groups in total. The van der Waals surface area contributed by atoms with Crippen molar-refractivity contribution in [3.05, 3.63) is 11.6 Å². The van der Waals surface area contributed by atoms with E-state index in [0.29, 0.717) is 5.91 Å². The van der Waals surface area contributed by atoms with Crippen LogP contribution in [0.4, 0.5) is 0 Å². The second-order valence-electron chi connectivity index (χ2n) is 6.72. The number of carbonyl (C=O) groups excluding carboxylic acids is 1. The maximum atomic E-state index is 12.9. The van der Waals surface area contributed by atoms with E-state index in [-0.39, 0.29) is 12.1 Å². The molecule has 2 saturated heterocycles. The molecule has 122 valence electrons. The number of rotatable bonds is 2. The highest BCUT2D eigenvalue weighted by Crippen LogP contribution is 2.25. The van der Waals surface area contributed by atoms with E-state index in [2.05, 4.69) is 26.9 Å². The third kappa shape index (κ3) is 3.02. The first-order chi connectivity index (χ1) is 10.6. The molecule has 0 spiro atoms. The summed E-state index contributed by atoms with van der Waals surface area (Å²) < 4.78 is 2.01. The molecule has 2 aliphatic heterocycles. The van der Waals surface area contributed by atoms with Gasteiger partial charge in [-0.15, -0.1) is 0 Å². The van der Waals surface area contributed by atoms with Crippen LogP contribution in [-0.2, 0) is 4.79 Å². The van der Waals surface area contributed by atoms with Gasteiger partial charge in [0.1, 0.15) is 11.6 Å². The summed E-state index contributed by atoms with van der Waals surface area (Å²) in [6.07, 6.45) is 5.50. The van der Waals surface area contributed by atoms with Crippen LogP contribution < -0.4 is 0 Å². The zero-order valence-electron chi connectivity index (χ0n) is 14.0. The molecule has 6 heteroatoms. The summed E-state index contributed by atoms with van der Waals surface area (Å²) in [5, 5.41) is 4.51. The number of nitrogens with zero attached hydrogens (tertiary/aromatic N) is 5. The van der Waals surface area contributed by atoms with Crippen LogP contribution in [0.25, 0.3) is 0 Å². The molecule has 3 heterocycles. The summed E-state index contributed by atoms with van der Waals surface area (Å²) >= 11 is 0. The van der Waals surface area contributed by atoms with Gasteiger partial charge in [0, 0.05) is 13.1 Å². The van der Waals surface area contributed by atoms with Gasteiger partial charge < -0.3 is 4.90 Å². The molecule has 1 aromatic heterocycles. The maximum absolute atomic E-state index is 12.9. The Morgan fingerprint density at radius 3 is 2.64 bits per heavy atom. The predicted octanol–water partition coefficient (Wildman–Crippen LogP) is 1.54. The normalized spacial score (nSPS) is 27.1. The zero-order valence-corrected chi connectivity index (χ0v) is 14.0. The van der Waals surface area contributed by atoms with Crippen LogP contribution in [-0.4, -0.2) is 63.2 Å². The van der Waals surface area contributed by atoms with E-state index in [9.17, 15) is 4.79 Å². The highest BCUT2D eigenvalue weighted by Gasteiger charge is 2.33. The Balaban J connectivity index is 1.70. The third-order valence-electron chi connectivity index (χ3n) is 5.02. The van der Waals surface area contributed by atoms with Crippen molar-refractivity contribution >= 4 is 5.91 Å². The van der Waals surface area contributed by atoms with Crippen molar-refractivity contribution in [2.75, 3.05) is 26.7 Å². The van der Waals surface area contributed by atoms with Crippen LogP contribution in [0, 0.1) is 13.8 Å². The smallest absolute Gasteiger partial charge is 0.239 e. The Bertz CT molecular complexity index is 541. The van der Waals surface area contributed by atoms with Gasteiger partial charge in [-0.1, -0.05) is 6.42 Å². The second-order valence-corrected chi connectivity index (χ2v) is 6.72. The number of piperidine rings is 2. The number of carbonyl (C=O) groups is 1. The molecule has 2 aliphatic rings. The minimum atomic E-state index is 0.0751. The Hall–Kier alpha value is -1.43. The maximum Gasteiger partial charge on any atom is 0.239 e. The molecule has 0 radical (unpaired) electrons. The largest absolute Gasteiger partial charge is 0.339 e. The van der Waals surface area contributed by atoms with Crippen LogP contribution in [0.3, 0.4) is 0 Å². The summed E-state index contributed by atoms with van der Waals surface area (Å²) in [6, 6.07) is 0.346. The average molecular weight is 305 g/mol. The van der Waals surface area contributed by atoms with Gasteiger partial charge in [-0.2, -0.15) is 5.10 Å². The second kappa shape index (κ2) is 6.36. The number of aromatic nitrogens is 3. The molecule has 1 amide bonds. The van der Waals surface area contributed by atoms with Gasteiger partial charge in [-0.25, -0.2) is 9.67 Å². The molecule has 1 aromatic rings. The number of amides is 1. The number of likely N-dealkylation sites (N-methyl/N-ethyl adjacent to an activating group) is 1. The van der Waals surface area contributed by atoms with E-state index in [1.807, 2.05) is 18.5 Å². The van der Waals surface area contributed by atoms with E-state index in [4.69, 9.17) is 0 Å². The Morgan fingerprint density at radius 2 is 1.95 bits per heavy atom. The quantitative estimate of drug-likeness (QED) is 0.832. The molecule has 2 unspecified atom stereocenters. The first-order valence-corrected chi connectivity index (χ1v) is 8.45. The fourth-order valence-corrected chi connectivity index (χ4v) is 3.83. The summed E-state index contributed by atoms with van der Waals surface area (Å²) in [4.78, 5) is 21.5. The van der Waals surface area contributed by atoms with E-state index in [1.165, 1.54) is 12.8 Å². The fourth-order valence-electron chi connectivity index (χ4n) is 3.83. The highest BCUT2D eigenvalue weighted by molar-refractivity contribution is 5.82. The molecule has 22 heavy (non-hydrogen) atoms. The van der Waals surface area contributed by atoms with Crippen molar-refractivity contribution in [2.24, 2.45) is 0 Å². The fraction of sp³-hybridized carbons (Fsp3) is 0.812. The lowest BCUT2D eigenvalue weighted by molar-refractivity contribution is -0.139. The predicted molar refractivity (Wildman–Crippen MR) is 84.6 cm³/mol. The van der Waals surface area contributed by atoms with Gasteiger partial charge >= 0.3 is 0 Å². The minimum Gasteiger partial charge on any atom is -0.339 e.